The van der Waals surface area contributed by atoms with Crippen molar-refractivity contribution in [1.82, 2.24) is 4.31 Å². The lowest BCUT2D eigenvalue weighted by Crippen LogP contribution is -2.35. The Kier molecular flexibility index (Phi) is 7.05. The van der Waals surface area contributed by atoms with Gasteiger partial charge in [0.2, 0.25) is 10.0 Å². The number of sulfonamides is 1. The van der Waals surface area contributed by atoms with Crippen LogP contribution in [0.3, 0.4) is 0 Å². The lowest BCUT2D eigenvalue weighted by Gasteiger charge is -2.25. The molecule has 1 aliphatic rings. The monoisotopic (exact) mass is 480 g/mol. The summed E-state index contributed by atoms with van der Waals surface area (Å²) in [6, 6.07) is 12.7. The van der Waals surface area contributed by atoms with Gasteiger partial charge in [0.15, 0.2) is 6.61 Å². The lowest BCUT2D eigenvalue weighted by atomic mass is 10.2. The first-order chi connectivity index (χ1) is 13.9. The second-order valence-electron chi connectivity index (χ2n) is 6.63. The van der Waals surface area contributed by atoms with Crippen molar-refractivity contribution >= 4 is 43.5 Å². The van der Waals surface area contributed by atoms with Crippen LogP contribution in [0.15, 0.2) is 57.9 Å². The molecule has 1 N–H and O–H groups in total. The first kappa shape index (κ1) is 21.5. The highest BCUT2D eigenvalue weighted by atomic mass is 79.9. The molecule has 29 heavy (non-hydrogen) atoms. The minimum absolute atomic E-state index is 0.0486. The number of halogens is 1. The van der Waals surface area contributed by atoms with E-state index in [4.69, 9.17) is 4.74 Å². The van der Waals surface area contributed by atoms with E-state index in [0.717, 1.165) is 23.7 Å². The van der Waals surface area contributed by atoms with Crippen LogP contribution in [-0.2, 0) is 19.6 Å². The summed E-state index contributed by atoms with van der Waals surface area (Å²) in [5.74, 6) is -1.25. The fourth-order valence-corrected chi connectivity index (χ4v) is 4.98. The SMILES string of the molecule is O=C(COC(=O)c1cccc(S(=O)(=O)N2CCCCC2)c1)Nc1cccc(Br)c1. The van der Waals surface area contributed by atoms with E-state index in [9.17, 15) is 18.0 Å². The highest BCUT2D eigenvalue weighted by Crippen LogP contribution is 2.21. The fourth-order valence-electron chi connectivity index (χ4n) is 3.02. The third-order valence-corrected chi connectivity index (χ3v) is 6.85. The van der Waals surface area contributed by atoms with Crippen LogP contribution in [0.4, 0.5) is 5.69 Å². The molecule has 0 unspecified atom stereocenters. The number of esters is 1. The van der Waals surface area contributed by atoms with Gasteiger partial charge in [0.1, 0.15) is 0 Å². The summed E-state index contributed by atoms with van der Waals surface area (Å²) in [6.07, 6.45) is 2.67. The summed E-state index contributed by atoms with van der Waals surface area (Å²) < 4.78 is 32.8. The van der Waals surface area contributed by atoms with Crippen molar-refractivity contribution in [3.8, 4) is 0 Å². The number of carbonyl (C=O) groups is 2. The molecule has 1 heterocycles. The number of anilines is 1. The Morgan fingerprint density at radius 1 is 1.03 bits per heavy atom. The first-order valence-electron chi connectivity index (χ1n) is 9.19. The average molecular weight is 481 g/mol. The maximum Gasteiger partial charge on any atom is 0.338 e. The van der Waals surface area contributed by atoms with Crippen LogP contribution in [0, 0.1) is 0 Å². The van der Waals surface area contributed by atoms with E-state index in [1.165, 1.54) is 28.6 Å². The number of benzene rings is 2. The van der Waals surface area contributed by atoms with Gasteiger partial charge in [-0.3, -0.25) is 4.79 Å². The van der Waals surface area contributed by atoms with Crippen molar-refractivity contribution in [3.05, 3.63) is 58.6 Å². The molecule has 1 saturated heterocycles. The predicted octanol–water partition coefficient (Wildman–Crippen LogP) is 3.42. The standard InChI is InChI=1S/C20H21BrN2O5S/c21-16-7-5-8-17(13-16)22-19(24)14-28-20(25)15-6-4-9-18(12-15)29(26,27)23-10-2-1-3-11-23/h4-9,12-13H,1-3,10-11,14H2,(H,22,24). The Labute approximate surface area is 178 Å². The van der Waals surface area contributed by atoms with Crippen LogP contribution in [0.2, 0.25) is 0 Å². The molecule has 7 nitrogen and oxygen atoms in total. The highest BCUT2D eigenvalue weighted by Gasteiger charge is 2.26. The number of amides is 1. The third-order valence-electron chi connectivity index (χ3n) is 4.47. The van der Waals surface area contributed by atoms with Crippen LogP contribution >= 0.6 is 15.9 Å². The topological polar surface area (TPSA) is 92.8 Å². The molecule has 0 radical (unpaired) electrons. The molecule has 0 saturated carbocycles. The van der Waals surface area contributed by atoms with E-state index in [1.54, 1.807) is 18.2 Å². The molecule has 1 fully saturated rings. The number of ether oxygens (including phenoxy) is 1. The zero-order valence-electron chi connectivity index (χ0n) is 15.6. The van der Waals surface area contributed by atoms with Gasteiger partial charge in [-0.05, 0) is 49.2 Å². The smallest absolute Gasteiger partial charge is 0.338 e. The van der Waals surface area contributed by atoms with Crippen molar-refractivity contribution in [2.24, 2.45) is 0 Å². The van der Waals surface area contributed by atoms with Crippen molar-refractivity contribution in [2.45, 2.75) is 24.2 Å². The van der Waals surface area contributed by atoms with Crippen LogP contribution in [0.5, 0.6) is 0 Å². The van der Waals surface area contributed by atoms with Gasteiger partial charge in [0, 0.05) is 23.2 Å². The number of nitrogens with one attached hydrogen (secondary N) is 1. The second-order valence-corrected chi connectivity index (χ2v) is 9.48. The van der Waals surface area contributed by atoms with E-state index in [2.05, 4.69) is 21.2 Å². The average Bonchev–Trinajstić information content (AvgIpc) is 2.73. The Morgan fingerprint density at radius 2 is 1.76 bits per heavy atom. The van der Waals surface area contributed by atoms with Crippen molar-refractivity contribution in [2.75, 3.05) is 25.0 Å². The van der Waals surface area contributed by atoms with Gasteiger partial charge in [-0.2, -0.15) is 4.31 Å². The summed E-state index contributed by atoms with van der Waals surface area (Å²) in [5, 5.41) is 2.62. The largest absolute Gasteiger partial charge is 0.452 e. The molecule has 0 bridgehead atoms. The minimum Gasteiger partial charge on any atom is -0.452 e. The molecule has 1 amide bonds. The van der Waals surface area contributed by atoms with Gasteiger partial charge >= 0.3 is 5.97 Å². The van der Waals surface area contributed by atoms with Crippen LogP contribution in [0.25, 0.3) is 0 Å². The molecular formula is C20H21BrN2O5S. The molecule has 1 aliphatic heterocycles. The highest BCUT2D eigenvalue weighted by molar-refractivity contribution is 9.10. The van der Waals surface area contributed by atoms with Gasteiger partial charge < -0.3 is 10.1 Å². The lowest BCUT2D eigenvalue weighted by molar-refractivity contribution is -0.119. The van der Waals surface area contributed by atoms with Crippen LogP contribution in [-0.4, -0.2) is 44.3 Å². The second kappa shape index (κ2) is 9.51. The predicted molar refractivity (Wildman–Crippen MR) is 112 cm³/mol. The molecule has 0 atom stereocenters. The summed E-state index contributed by atoms with van der Waals surface area (Å²) in [4.78, 5) is 24.3. The van der Waals surface area contributed by atoms with Crippen molar-refractivity contribution in [3.63, 3.8) is 0 Å². The first-order valence-corrected chi connectivity index (χ1v) is 11.4. The fraction of sp³-hybridized carbons (Fsp3) is 0.300. The minimum atomic E-state index is -3.65. The number of carbonyl (C=O) groups excluding carboxylic acids is 2. The van der Waals surface area contributed by atoms with E-state index < -0.39 is 28.5 Å². The third kappa shape index (κ3) is 5.65. The quantitative estimate of drug-likeness (QED) is 0.639. The van der Waals surface area contributed by atoms with Gasteiger partial charge in [0.25, 0.3) is 5.91 Å². The van der Waals surface area contributed by atoms with E-state index in [1.807, 2.05) is 6.07 Å². The Hall–Kier alpha value is -2.23. The molecule has 0 spiro atoms. The van der Waals surface area contributed by atoms with Crippen molar-refractivity contribution in [1.29, 1.82) is 0 Å². The van der Waals surface area contributed by atoms with Gasteiger partial charge in [-0.1, -0.05) is 34.5 Å². The van der Waals surface area contributed by atoms with Gasteiger partial charge in [-0.25, -0.2) is 13.2 Å². The molecule has 2 aromatic rings. The number of hydrogen-bond acceptors (Lipinski definition) is 5. The molecule has 154 valence electrons. The molecule has 2 aromatic carbocycles. The van der Waals surface area contributed by atoms with E-state index in [-0.39, 0.29) is 10.5 Å². The summed E-state index contributed by atoms with van der Waals surface area (Å²) in [5.41, 5.74) is 0.647. The van der Waals surface area contributed by atoms with Crippen molar-refractivity contribution < 1.29 is 22.7 Å². The van der Waals surface area contributed by atoms with E-state index >= 15 is 0 Å². The molecule has 3 rings (SSSR count). The molecule has 0 aromatic heterocycles. The summed E-state index contributed by atoms with van der Waals surface area (Å²) in [7, 11) is -3.65. The zero-order chi connectivity index (χ0) is 20.9. The zero-order valence-corrected chi connectivity index (χ0v) is 18.0. The number of hydrogen-bond donors (Lipinski definition) is 1. The maximum absolute atomic E-state index is 12.8. The number of nitrogens with zero attached hydrogens (tertiary/aromatic N) is 1. The summed E-state index contributed by atoms with van der Waals surface area (Å²) >= 11 is 3.31. The van der Waals surface area contributed by atoms with Crippen LogP contribution in [0.1, 0.15) is 29.6 Å². The maximum atomic E-state index is 12.8. The molecule has 0 aliphatic carbocycles. The Morgan fingerprint density at radius 3 is 2.48 bits per heavy atom. The molecule has 9 heteroatoms. The number of piperidine rings is 1. The van der Waals surface area contributed by atoms with Gasteiger partial charge in [0.05, 0.1) is 10.5 Å². The molecular weight excluding hydrogens is 460 g/mol. The normalized spacial score (nSPS) is 14.9. The van der Waals surface area contributed by atoms with Crippen LogP contribution < -0.4 is 5.32 Å². The Bertz CT molecular complexity index is 1000. The summed E-state index contributed by atoms with van der Waals surface area (Å²) in [6.45, 7) is 0.480. The Balaban J connectivity index is 1.62. The van der Waals surface area contributed by atoms with Gasteiger partial charge in [-0.15, -0.1) is 0 Å². The van der Waals surface area contributed by atoms with E-state index in [0.29, 0.717) is 18.8 Å². The number of rotatable bonds is 6.